The van der Waals surface area contributed by atoms with E-state index in [-0.39, 0.29) is 5.41 Å². The van der Waals surface area contributed by atoms with Crippen molar-refractivity contribution in [1.82, 2.24) is 14.9 Å². The third kappa shape index (κ3) is 2.84. The fourth-order valence-corrected chi connectivity index (χ4v) is 2.88. The molecule has 0 aliphatic heterocycles. The number of nitrogens with one attached hydrogen (secondary N) is 1. The molecule has 2 atom stereocenters. The van der Waals surface area contributed by atoms with Gasteiger partial charge < -0.3 is 14.6 Å². The minimum atomic E-state index is 0.221. The highest BCUT2D eigenvalue weighted by Crippen LogP contribution is 2.42. The molecule has 2 rings (SSSR count). The summed E-state index contributed by atoms with van der Waals surface area (Å²) in [6, 6.07) is 0.990. The van der Waals surface area contributed by atoms with Gasteiger partial charge in [-0.2, -0.15) is 0 Å². The average Bonchev–Trinajstić information content (AvgIpc) is 2.81. The largest absolute Gasteiger partial charge is 0.378 e. The van der Waals surface area contributed by atoms with Crippen LogP contribution in [0.25, 0.3) is 0 Å². The van der Waals surface area contributed by atoms with Crippen LogP contribution in [0.15, 0.2) is 12.5 Å². The zero-order chi connectivity index (χ0) is 14.0. The van der Waals surface area contributed by atoms with Crippen molar-refractivity contribution in [3.8, 4) is 0 Å². The molecule has 0 saturated heterocycles. The summed E-state index contributed by atoms with van der Waals surface area (Å²) in [6.07, 6.45) is 5.37. The molecule has 1 aliphatic carbocycles. The van der Waals surface area contributed by atoms with E-state index in [1.54, 1.807) is 0 Å². The summed E-state index contributed by atoms with van der Waals surface area (Å²) < 4.78 is 7.99. The predicted molar refractivity (Wildman–Crippen MR) is 77.1 cm³/mol. The molecule has 1 heterocycles. The third-order valence-corrected chi connectivity index (χ3v) is 4.38. The van der Waals surface area contributed by atoms with Gasteiger partial charge in [-0.25, -0.2) is 4.98 Å². The van der Waals surface area contributed by atoms with Gasteiger partial charge in [0.05, 0.1) is 18.1 Å². The number of nitrogens with zero attached hydrogens (tertiary/aromatic N) is 2. The zero-order valence-corrected chi connectivity index (χ0v) is 12.8. The summed E-state index contributed by atoms with van der Waals surface area (Å²) in [4.78, 5) is 4.24. The van der Waals surface area contributed by atoms with Crippen molar-refractivity contribution >= 4 is 0 Å². The van der Waals surface area contributed by atoms with Crippen LogP contribution >= 0.6 is 0 Å². The molecule has 108 valence electrons. The van der Waals surface area contributed by atoms with Gasteiger partial charge in [0.25, 0.3) is 0 Å². The molecule has 0 spiro atoms. The second-order valence-electron chi connectivity index (χ2n) is 6.32. The lowest BCUT2D eigenvalue weighted by Gasteiger charge is -2.52. The summed E-state index contributed by atoms with van der Waals surface area (Å²) in [5.41, 5.74) is 1.48. The predicted octanol–water partition coefficient (Wildman–Crippen LogP) is 2.76. The van der Waals surface area contributed by atoms with E-state index in [1.807, 2.05) is 12.5 Å². The van der Waals surface area contributed by atoms with Gasteiger partial charge in [-0.15, -0.1) is 0 Å². The highest BCUT2D eigenvalue weighted by atomic mass is 16.5. The first kappa shape index (κ1) is 14.5. The van der Waals surface area contributed by atoms with Gasteiger partial charge >= 0.3 is 0 Å². The van der Waals surface area contributed by atoms with E-state index in [0.717, 1.165) is 19.6 Å². The van der Waals surface area contributed by atoms with Gasteiger partial charge in [0, 0.05) is 36.8 Å². The van der Waals surface area contributed by atoms with E-state index in [2.05, 4.69) is 49.5 Å². The Morgan fingerprint density at radius 3 is 2.84 bits per heavy atom. The first-order valence-electron chi connectivity index (χ1n) is 7.32. The molecule has 1 fully saturated rings. The zero-order valence-electron chi connectivity index (χ0n) is 12.8. The fourth-order valence-electron chi connectivity index (χ4n) is 2.88. The minimum absolute atomic E-state index is 0.221. The van der Waals surface area contributed by atoms with Crippen LogP contribution < -0.4 is 5.32 Å². The SMILES string of the molecule is CCOC1CC(NCc2cncn2C(C)C)C1(C)C. The second-order valence-corrected chi connectivity index (χ2v) is 6.32. The van der Waals surface area contributed by atoms with Crippen LogP contribution in [0.2, 0.25) is 0 Å². The summed E-state index contributed by atoms with van der Waals surface area (Å²) in [5.74, 6) is 0. The van der Waals surface area contributed by atoms with Gasteiger partial charge in [-0.05, 0) is 27.2 Å². The van der Waals surface area contributed by atoms with E-state index >= 15 is 0 Å². The van der Waals surface area contributed by atoms with Crippen LogP contribution in [0, 0.1) is 5.41 Å². The van der Waals surface area contributed by atoms with Gasteiger partial charge in [-0.3, -0.25) is 0 Å². The van der Waals surface area contributed by atoms with Crippen molar-refractivity contribution in [1.29, 1.82) is 0 Å². The lowest BCUT2D eigenvalue weighted by Crippen LogP contribution is -2.60. The van der Waals surface area contributed by atoms with Gasteiger partial charge in [0.2, 0.25) is 0 Å². The second kappa shape index (κ2) is 5.63. The van der Waals surface area contributed by atoms with Crippen molar-refractivity contribution in [2.75, 3.05) is 6.61 Å². The topological polar surface area (TPSA) is 39.1 Å². The van der Waals surface area contributed by atoms with Crippen molar-refractivity contribution in [2.24, 2.45) is 5.41 Å². The Morgan fingerprint density at radius 2 is 2.26 bits per heavy atom. The maximum Gasteiger partial charge on any atom is 0.0951 e. The lowest BCUT2D eigenvalue weighted by molar-refractivity contribution is -0.114. The molecule has 0 radical (unpaired) electrons. The Morgan fingerprint density at radius 1 is 1.53 bits per heavy atom. The van der Waals surface area contributed by atoms with Crippen molar-refractivity contribution in [3.63, 3.8) is 0 Å². The van der Waals surface area contributed by atoms with E-state index in [9.17, 15) is 0 Å². The van der Waals surface area contributed by atoms with Gasteiger partial charge in [-0.1, -0.05) is 13.8 Å². The molecule has 1 aliphatic rings. The normalized spacial score (nSPS) is 25.6. The maximum absolute atomic E-state index is 5.76. The van der Waals surface area contributed by atoms with Crippen LogP contribution in [0.5, 0.6) is 0 Å². The lowest BCUT2D eigenvalue weighted by atomic mass is 9.64. The monoisotopic (exact) mass is 265 g/mol. The summed E-state index contributed by atoms with van der Waals surface area (Å²) in [7, 11) is 0. The van der Waals surface area contributed by atoms with Crippen LogP contribution in [0.1, 0.15) is 52.8 Å². The van der Waals surface area contributed by atoms with Crippen molar-refractivity contribution in [3.05, 3.63) is 18.2 Å². The van der Waals surface area contributed by atoms with Crippen molar-refractivity contribution < 1.29 is 4.74 Å². The Balaban J connectivity index is 1.89. The molecule has 1 N–H and O–H groups in total. The van der Waals surface area contributed by atoms with E-state index < -0.39 is 0 Å². The van der Waals surface area contributed by atoms with E-state index in [4.69, 9.17) is 4.74 Å². The molecular formula is C15H27N3O. The number of hydrogen-bond donors (Lipinski definition) is 1. The Kier molecular flexibility index (Phi) is 4.31. The molecule has 0 bridgehead atoms. The minimum Gasteiger partial charge on any atom is -0.378 e. The molecule has 1 aromatic rings. The standard InChI is InChI=1S/C15H27N3O/c1-6-19-14-7-13(15(14,4)5)17-9-12-8-16-10-18(12)11(2)3/h8,10-11,13-14,17H,6-7,9H2,1-5H3. The summed E-state index contributed by atoms with van der Waals surface area (Å²) >= 11 is 0. The third-order valence-electron chi connectivity index (χ3n) is 4.38. The first-order valence-corrected chi connectivity index (χ1v) is 7.32. The van der Waals surface area contributed by atoms with Crippen molar-refractivity contribution in [2.45, 2.75) is 65.8 Å². The molecular weight excluding hydrogens is 238 g/mol. The highest BCUT2D eigenvalue weighted by Gasteiger charge is 2.48. The van der Waals surface area contributed by atoms with Crippen LogP contribution in [-0.4, -0.2) is 28.3 Å². The number of rotatable bonds is 6. The quantitative estimate of drug-likeness (QED) is 0.859. The Bertz CT molecular complexity index is 411. The van der Waals surface area contributed by atoms with Crippen LogP contribution in [-0.2, 0) is 11.3 Å². The number of imidazole rings is 1. The van der Waals surface area contributed by atoms with E-state index in [1.165, 1.54) is 5.69 Å². The molecule has 1 saturated carbocycles. The molecule has 1 aromatic heterocycles. The first-order chi connectivity index (χ1) is 8.96. The fraction of sp³-hybridized carbons (Fsp3) is 0.800. The molecule has 2 unspecified atom stereocenters. The summed E-state index contributed by atoms with van der Waals surface area (Å²) in [6.45, 7) is 12.7. The number of hydrogen-bond acceptors (Lipinski definition) is 3. The Hall–Kier alpha value is -0.870. The highest BCUT2D eigenvalue weighted by molar-refractivity contribution is 5.05. The van der Waals surface area contributed by atoms with Gasteiger partial charge in [0.15, 0.2) is 0 Å². The molecule has 4 nitrogen and oxygen atoms in total. The Labute approximate surface area is 116 Å². The number of ether oxygens (including phenoxy) is 1. The molecule has 19 heavy (non-hydrogen) atoms. The molecule has 0 amide bonds. The maximum atomic E-state index is 5.76. The van der Waals surface area contributed by atoms with Crippen LogP contribution in [0.4, 0.5) is 0 Å². The smallest absolute Gasteiger partial charge is 0.0951 e. The molecule has 4 heteroatoms. The van der Waals surface area contributed by atoms with Crippen LogP contribution in [0.3, 0.4) is 0 Å². The summed E-state index contributed by atoms with van der Waals surface area (Å²) in [5, 5.41) is 3.65. The van der Waals surface area contributed by atoms with Gasteiger partial charge in [0.1, 0.15) is 0 Å². The number of aromatic nitrogens is 2. The average molecular weight is 265 g/mol. The molecule has 0 aromatic carbocycles. The van der Waals surface area contributed by atoms with E-state index in [0.29, 0.717) is 18.2 Å².